The summed E-state index contributed by atoms with van der Waals surface area (Å²) in [6.45, 7) is 0. The van der Waals surface area contributed by atoms with Crippen LogP contribution in [0.5, 0.6) is 0 Å². The molecule has 0 amide bonds. The number of rotatable bonds is 1. The number of hydrogen-bond donors (Lipinski definition) is 1. The van der Waals surface area contributed by atoms with E-state index in [1.165, 1.54) is 0 Å². The summed E-state index contributed by atoms with van der Waals surface area (Å²) in [4.78, 5) is 0. The Hall–Kier alpha value is 0.650. The second-order valence-electron chi connectivity index (χ2n) is 1.86. The number of halogens is 8. The van der Waals surface area contributed by atoms with E-state index in [1.807, 2.05) is 0 Å². The Morgan fingerprint density at radius 3 is 1.12 bits per heavy atom. The molecular weight excluding hydrogens is 489 g/mol. The van der Waals surface area contributed by atoms with Crippen LogP contribution in [0.2, 0.25) is 0 Å². The first-order chi connectivity index (χ1) is 7.06. The Labute approximate surface area is 106 Å². The van der Waals surface area contributed by atoms with Crippen molar-refractivity contribution in [3.8, 4) is 0 Å². The third-order valence-electron chi connectivity index (χ3n) is 0.646. The van der Waals surface area contributed by atoms with Gasteiger partial charge >= 0.3 is 80.0 Å². The standard InChI is InChI=1S/CBrF3IO2S.CHF3O3S/c2-6-9(7,8)1(3,4)5;2-1(3,4)8(5,6)7/h;(H,5,6,7)/q-1;. The van der Waals surface area contributed by atoms with Gasteiger partial charge in [-0.15, -0.1) is 0 Å². The van der Waals surface area contributed by atoms with Crippen molar-refractivity contribution in [2.75, 3.05) is 0 Å². The predicted octanol–water partition coefficient (Wildman–Crippen LogP) is -1.37. The van der Waals surface area contributed by atoms with Gasteiger partial charge in [0.15, 0.2) is 0 Å². The van der Waals surface area contributed by atoms with Crippen LogP contribution in [0.25, 0.3) is 0 Å². The molecule has 0 aliphatic rings. The van der Waals surface area contributed by atoms with E-state index in [2.05, 4.69) is 12.7 Å². The summed E-state index contributed by atoms with van der Waals surface area (Å²) < 4.78 is 111. The summed E-state index contributed by atoms with van der Waals surface area (Å²) >= 11 is 0.340. The molecule has 0 fully saturated rings. The van der Waals surface area contributed by atoms with E-state index in [9.17, 15) is 34.8 Å². The van der Waals surface area contributed by atoms with E-state index < -0.39 is 45.7 Å². The van der Waals surface area contributed by atoms with Crippen molar-refractivity contribution in [2.45, 2.75) is 11.0 Å². The topological polar surface area (TPSA) is 88.5 Å². The van der Waals surface area contributed by atoms with E-state index in [0.29, 0.717) is 0 Å². The Balaban J connectivity index is 0. The normalized spacial score (nSPS) is 14.1. The molecule has 1 N–H and O–H groups in total. The van der Waals surface area contributed by atoms with Gasteiger partial charge in [0.2, 0.25) is 0 Å². The van der Waals surface area contributed by atoms with Crippen molar-refractivity contribution in [1.29, 1.82) is 0 Å². The maximum atomic E-state index is 11.2. The van der Waals surface area contributed by atoms with Gasteiger partial charge in [-0.2, -0.15) is 21.6 Å². The SMILES string of the molecule is O=S(=O)(O)C(F)(F)F.O=S(=O)([I-]Br)C(F)(F)F. The molecule has 5 nitrogen and oxygen atoms in total. The van der Waals surface area contributed by atoms with Gasteiger partial charge in [0, 0.05) is 0 Å². The van der Waals surface area contributed by atoms with Crippen molar-refractivity contribution >= 4 is 29.8 Å². The monoisotopic (exact) mass is 489 g/mol. The summed E-state index contributed by atoms with van der Waals surface area (Å²) in [7, 11) is -10.6. The second-order valence-corrected chi connectivity index (χ2v) is 14.1. The zero-order valence-electron chi connectivity index (χ0n) is 6.92. The molecule has 0 aromatic heterocycles. The van der Waals surface area contributed by atoms with Crippen LogP contribution < -0.4 is 17.6 Å². The fourth-order valence-electron chi connectivity index (χ4n) is 0.0331. The van der Waals surface area contributed by atoms with Crippen molar-refractivity contribution in [2.24, 2.45) is 0 Å². The van der Waals surface area contributed by atoms with Crippen molar-refractivity contribution in [3.63, 3.8) is 0 Å². The molecule has 0 bridgehead atoms. The Kier molecular flexibility index (Phi) is 7.28. The summed E-state index contributed by atoms with van der Waals surface area (Å²) in [5.74, 6) is 0. The zero-order chi connectivity index (χ0) is 14.7. The van der Waals surface area contributed by atoms with Crippen molar-refractivity contribution in [1.82, 2.24) is 0 Å². The van der Waals surface area contributed by atoms with Crippen LogP contribution in [-0.2, 0) is 17.1 Å². The van der Waals surface area contributed by atoms with Crippen molar-refractivity contribution < 1.29 is 65.3 Å². The molecule has 15 heteroatoms. The summed E-state index contributed by atoms with van der Waals surface area (Å²) in [6.07, 6.45) is 0. The molecule has 0 aromatic rings. The van der Waals surface area contributed by atoms with Crippen LogP contribution in [0.3, 0.4) is 0 Å². The Morgan fingerprint density at radius 2 is 1.12 bits per heavy atom. The average Bonchev–Trinajstić information content (AvgIpc) is 1.99. The minimum atomic E-state index is -5.84. The fraction of sp³-hybridized carbons (Fsp3) is 1.00. The van der Waals surface area contributed by atoms with Gasteiger partial charge in [-0.25, -0.2) is 0 Å². The molecule has 0 atom stereocenters. The first-order valence-electron chi connectivity index (χ1n) is 2.69. The number of hydrogen-bond acceptors (Lipinski definition) is 4. The van der Waals surface area contributed by atoms with Crippen LogP contribution in [-0.4, -0.2) is 32.4 Å². The second kappa shape index (κ2) is 6.20. The van der Waals surface area contributed by atoms with Crippen LogP contribution in [0, 0.1) is 0 Å². The van der Waals surface area contributed by atoms with Crippen LogP contribution in [0.1, 0.15) is 0 Å². The molecule has 0 rings (SSSR count). The van der Waals surface area contributed by atoms with Gasteiger partial charge < -0.3 is 0 Å². The summed E-state index contributed by atoms with van der Waals surface area (Å²) in [6, 6.07) is 0. The van der Waals surface area contributed by atoms with E-state index in [1.54, 1.807) is 0 Å². The molecule has 0 spiro atoms. The van der Waals surface area contributed by atoms with E-state index in [4.69, 9.17) is 13.0 Å². The minimum absolute atomic E-state index is 1.97. The molecule has 0 heterocycles. The summed E-state index contributed by atoms with van der Waals surface area (Å²) in [5, 5.41) is 0. The van der Waals surface area contributed by atoms with Gasteiger partial charge in [0.1, 0.15) is 0 Å². The molecule has 0 unspecified atom stereocenters. The van der Waals surface area contributed by atoms with Gasteiger partial charge in [-0.05, 0) is 0 Å². The van der Waals surface area contributed by atoms with Gasteiger partial charge in [0.05, 0.1) is 0 Å². The van der Waals surface area contributed by atoms with E-state index in [0.717, 1.165) is 0 Å². The molecule has 108 valence electrons. The van der Waals surface area contributed by atoms with Crippen LogP contribution in [0.15, 0.2) is 0 Å². The zero-order valence-corrected chi connectivity index (χ0v) is 12.3. The average molecular weight is 490 g/mol. The molecule has 0 aromatic carbocycles. The van der Waals surface area contributed by atoms with Gasteiger partial charge in [-0.1, -0.05) is 0 Å². The molecule has 0 aliphatic carbocycles. The number of alkyl halides is 6. The van der Waals surface area contributed by atoms with Crippen LogP contribution >= 0.6 is 12.7 Å². The third-order valence-corrected chi connectivity index (χ3v) is 11.2. The predicted molar refractivity (Wildman–Crippen MR) is 41.5 cm³/mol. The first-order valence-corrected chi connectivity index (χ1v) is 13.0. The molecule has 17 heavy (non-hydrogen) atoms. The third kappa shape index (κ3) is 7.62. The van der Waals surface area contributed by atoms with Crippen molar-refractivity contribution in [3.05, 3.63) is 0 Å². The first kappa shape index (κ1) is 20.0. The van der Waals surface area contributed by atoms with Crippen LogP contribution in [0.4, 0.5) is 26.3 Å². The molecule has 0 saturated carbocycles. The molecule has 0 radical (unpaired) electrons. The fourth-order valence-corrected chi connectivity index (χ4v) is 3.46. The van der Waals surface area contributed by atoms with Gasteiger partial charge in [-0.3, -0.25) is 4.55 Å². The van der Waals surface area contributed by atoms with E-state index in [-0.39, 0.29) is 0 Å². The van der Waals surface area contributed by atoms with E-state index >= 15 is 0 Å². The van der Waals surface area contributed by atoms with Gasteiger partial charge in [0.25, 0.3) is 0 Å². The quantitative estimate of drug-likeness (QED) is 0.161. The molecular formula is C2HBrF6IO5S2-. The molecule has 0 aliphatic heterocycles. The summed E-state index contributed by atoms with van der Waals surface area (Å²) in [5.41, 5.74) is -10.6. The Morgan fingerprint density at radius 1 is 0.882 bits per heavy atom. The molecule has 0 saturated heterocycles. The maximum absolute atomic E-state index is 11.2. The Bertz CT molecular complexity index is 434.